The molecule has 1 aromatic rings. The maximum atomic E-state index is 8.33. The molecule has 0 aliphatic carbocycles. The van der Waals surface area contributed by atoms with Gasteiger partial charge in [0.1, 0.15) is 11.8 Å². The van der Waals surface area contributed by atoms with Crippen LogP contribution in [0.4, 0.5) is 0 Å². The summed E-state index contributed by atoms with van der Waals surface area (Å²) in [5.74, 6) is 0.674. The van der Waals surface area contributed by atoms with Crippen molar-refractivity contribution in [2.24, 2.45) is 0 Å². The summed E-state index contributed by atoms with van der Waals surface area (Å²) in [5.41, 5.74) is 0. The lowest BCUT2D eigenvalue weighted by Gasteiger charge is -1.80. The van der Waals surface area contributed by atoms with E-state index in [2.05, 4.69) is 15.9 Å². The van der Waals surface area contributed by atoms with Crippen molar-refractivity contribution in [1.82, 2.24) is 0 Å². The molecular formula is C7H4BrNO. The first-order valence-electron chi connectivity index (χ1n) is 2.64. The molecule has 0 saturated heterocycles. The van der Waals surface area contributed by atoms with Gasteiger partial charge in [0.15, 0.2) is 0 Å². The first-order valence-corrected chi connectivity index (χ1v) is 3.43. The molecule has 0 unspecified atom stereocenters. The van der Waals surface area contributed by atoms with Crippen LogP contribution in [0, 0.1) is 11.3 Å². The first kappa shape index (κ1) is 7.10. The Hall–Kier alpha value is -1.01. The maximum absolute atomic E-state index is 8.33. The highest BCUT2D eigenvalue weighted by Gasteiger charge is 1.90. The third kappa shape index (κ3) is 1.74. The van der Waals surface area contributed by atoms with Crippen molar-refractivity contribution in [2.45, 2.75) is 0 Å². The van der Waals surface area contributed by atoms with Gasteiger partial charge in [0, 0.05) is 6.08 Å². The van der Waals surface area contributed by atoms with Crippen molar-refractivity contribution >= 4 is 22.0 Å². The summed E-state index contributed by atoms with van der Waals surface area (Å²) in [6, 6.07) is 5.46. The van der Waals surface area contributed by atoms with Crippen LogP contribution >= 0.6 is 15.9 Å². The molecule has 0 aromatic carbocycles. The summed E-state index contributed by atoms with van der Waals surface area (Å²) >= 11 is 3.04. The number of nitrogens with zero attached hydrogens (tertiary/aromatic N) is 1. The van der Waals surface area contributed by atoms with Gasteiger partial charge >= 0.3 is 0 Å². The van der Waals surface area contributed by atoms with E-state index in [1.165, 1.54) is 0 Å². The highest BCUT2D eigenvalue weighted by molar-refractivity contribution is 9.12. The summed E-state index contributed by atoms with van der Waals surface area (Å²) in [7, 11) is 0. The van der Waals surface area contributed by atoms with Crippen molar-refractivity contribution in [2.75, 3.05) is 0 Å². The maximum Gasteiger partial charge on any atom is 0.128 e. The molecule has 2 nitrogen and oxygen atoms in total. The van der Waals surface area contributed by atoms with Crippen molar-refractivity contribution in [3.63, 3.8) is 0 Å². The third-order valence-corrected chi connectivity index (χ3v) is 1.33. The lowest BCUT2D eigenvalue weighted by molar-refractivity contribution is 0.557. The summed E-state index contributed by atoms with van der Waals surface area (Å²) < 4.78 is 5.41. The van der Waals surface area contributed by atoms with Crippen molar-refractivity contribution in [3.05, 3.63) is 28.6 Å². The minimum Gasteiger partial charge on any atom is -0.465 e. The summed E-state index contributed by atoms with van der Waals surface area (Å²) in [4.78, 5) is 0. The molecule has 1 heterocycles. The van der Waals surface area contributed by atoms with E-state index >= 15 is 0 Å². The standard InChI is InChI=1S/C7H4BrNO/c8-6(5-9)4-7-2-1-3-10-7/h1-4H/b6-4-. The average Bonchev–Trinajstić information content (AvgIpc) is 2.40. The quantitative estimate of drug-likeness (QED) is 0.650. The molecule has 0 amide bonds. The third-order valence-electron chi connectivity index (χ3n) is 0.919. The lowest BCUT2D eigenvalue weighted by atomic mass is 10.4. The van der Waals surface area contributed by atoms with Crippen molar-refractivity contribution < 1.29 is 4.42 Å². The van der Waals surface area contributed by atoms with Crippen LogP contribution in [0.5, 0.6) is 0 Å². The van der Waals surface area contributed by atoms with Gasteiger partial charge in [-0.1, -0.05) is 0 Å². The van der Waals surface area contributed by atoms with Crippen molar-refractivity contribution in [3.8, 4) is 6.07 Å². The molecule has 10 heavy (non-hydrogen) atoms. The van der Waals surface area contributed by atoms with Crippen molar-refractivity contribution in [1.29, 1.82) is 5.26 Å². The fourth-order valence-corrected chi connectivity index (χ4v) is 0.756. The molecule has 0 spiro atoms. The Bertz CT molecular complexity index is 268. The topological polar surface area (TPSA) is 36.9 Å². The van der Waals surface area contributed by atoms with E-state index in [0.29, 0.717) is 10.2 Å². The molecule has 0 N–H and O–H groups in total. The van der Waals surface area contributed by atoms with Crippen LogP contribution in [0.3, 0.4) is 0 Å². The van der Waals surface area contributed by atoms with Crippen LogP contribution in [0.1, 0.15) is 5.76 Å². The van der Waals surface area contributed by atoms with Gasteiger partial charge in [-0.15, -0.1) is 0 Å². The molecule has 0 bridgehead atoms. The van der Waals surface area contributed by atoms with Gasteiger partial charge in [-0.2, -0.15) is 5.26 Å². The van der Waals surface area contributed by atoms with E-state index < -0.39 is 0 Å². The Morgan fingerprint density at radius 1 is 1.80 bits per heavy atom. The minimum absolute atomic E-state index is 0.461. The largest absolute Gasteiger partial charge is 0.465 e. The summed E-state index contributed by atoms with van der Waals surface area (Å²) in [6.07, 6.45) is 3.17. The number of furan rings is 1. The Morgan fingerprint density at radius 3 is 3.10 bits per heavy atom. The number of hydrogen-bond donors (Lipinski definition) is 0. The summed E-state index contributed by atoms with van der Waals surface area (Å²) in [6.45, 7) is 0. The molecule has 0 radical (unpaired) electrons. The zero-order chi connectivity index (χ0) is 7.40. The van der Waals surface area contributed by atoms with E-state index in [1.807, 2.05) is 6.07 Å². The normalized spacial score (nSPS) is 11.0. The molecule has 1 rings (SSSR count). The van der Waals surface area contributed by atoms with Gasteiger partial charge < -0.3 is 4.42 Å². The van der Waals surface area contributed by atoms with Crippen LogP contribution < -0.4 is 0 Å². The van der Waals surface area contributed by atoms with Gasteiger partial charge in [0.25, 0.3) is 0 Å². The number of nitriles is 1. The van der Waals surface area contributed by atoms with E-state index in [-0.39, 0.29) is 0 Å². The Morgan fingerprint density at radius 2 is 2.60 bits per heavy atom. The molecule has 1 aromatic heterocycles. The lowest BCUT2D eigenvalue weighted by Crippen LogP contribution is -1.62. The monoisotopic (exact) mass is 197 g/mol. The van der Waals surface area contributed by atoms with Gasteiger partial charge in [-0.3, -0.25) is 0 Å². The minimum atomic E-state index is 0.461. The molecule has 0 atom stereocenters. The van der Waals surface area contributed by atoms with Crippen LogP contribution in [0.2, 0.25) is 0 Å². The van der Waals surface area contributed by atoms with E-state index in [0.717, 1.165) is 0 Å². The SMILES string of the molecule is N#C/C(Br)=C/c1ccco1. The molecule has 0 saturated carbocycles. The zero-order valence-corrected chi connectivity index (χ0v) is 6.63. The highest BCUT2D eigenvalue weighted by atomic mass is 79.9. The molecule has 0 fully saturated rings. The second-order valence-corrected chi connectivity index (χ2v) is 2.47. The van der Waals surface area contributed by atoms with E-state index in [4.69, 9.17) is 9.68 Å². The van der Waals surface area contributed by atoms with Crippen LogP contribution in [0.25, 0.3) is 6.08 Å². The summed E-state index contributed by atoms with van der Waals surface area (Å²) in [5, 5.41) is 8.33. The second-order valence-electron chi connectivity index (χ2n) is 1.62. The first-order chi connectivity index (χ1) is 4.83. The fourth-order valence-electron chi connectivity index (χ4n) is 0.531. The number of allylic oxidation sites excluding steroid dienone is 1. The number of halogens is 1. The van der Waals surface area contributed by atoms with Gasteiger partial charge in [0.05, 0.1) is 10.7 Å². The molecule has 0 aliphatic rings. The molecule has 0 aliphatic heterocycles. The van der Waals surface area contributed by atoms with E-state index in [9.17, 15) is 0 Å². The van der Waals surface area contributed by atoms with Gasteiger partial charge in [-0.05, 0) is 28.1 Å². The highest BCUT2D eigenvalue weighted by Crippen LogP contribution is 2.10. The molecular weight excluding hydrogens is 194 g/mol. The number of rotatable bonds is 1. The Labute approximate surface area is 66.9 Å². The molecule has 50 valence electrons. The average molecular weight is 198 g/mol. The van der Waals surface area contributed by atoms with Crippen LogP contribution in [-0.2, 0) is 0 Å². The number of hydrogen-bond acceptors (Lipinski definition) is 2. The predicted octanol–water partition coefficient (Wildman–Crippen LogP) is 2.54. The fraction of sp³-hybridized carbons (Fsp3) is 0. The van der Waals surface area contributed by atoms with Gasteiger partial charge in [-0.25, -0.2) is 0 Å². The Kier molecular flexibility index (Phi) is 2.30. The van der Waals surface area contributed by atoms with Gasteiger partial charge in [0.2, 0.25) is 0 Å². The molecule has 3 heteroatoms. The Balaban J connectivity index is 2.83. The second kappa shape index (κ2) is 3.23. The predicted molar refractivity (Wildman–Crippen MR) is 41.2 cm³/mol. The van der Waals surface area contributed by atoms with Crippen LogP contribution in [-0.4, -0.2) is 0 Å². The zero-order valence-electron chi connectivity index (χ0n) is 5.04. The van der Waals surface area contributed by atoms with Crippen LogP contribution in [0.15, 0.2) is 27.3 Å². The smallest absolute Gasteiger partial charge is 0.128 e. The van der Waals surface area contributed by atoms with E-state index in [1.54, 1.807) is 24.5 Å².